The lowest BCUT2D eigenvalue weighted by Crippen LogP contribution is -2.41. The van der Waals surface area contributed by atoms with E-state index in [1.54, 1.807) is 0 Å². The lowest BCUT2D eigenvalue weighted by atomic mass is 9.94. The molecule has 106 valence electrons. The molecule has 0 aromatic carbocycles. The topological polar surface area (TPSA) is 35.5 Å². The first kappa shape index (κ1) is 14.3. The Morgan fingerprint density at radius 1 is 1.17 bits per heavy atom. The van der Waals surface area contributed by atoms with Crippen molar-refractivity contribution < 1.29 is 5.11 Å². The second-order valence-corrected chi connectivity index (χ2v) is 6.16. The average Bonchev–Trinajstić information content (AvgIpc) is 2.72. The maximum absolute atomic E-state index is 9.23. The van der Waals surface area contributed by atoms with Gasteiger partial charge in [0, 0.05) is 25.7 Å². The molecule has 2 aliphatic rings. The number of rotatable bonds is 5. The van der Waals surface area contributed by atoms with Gasteiger partial charge in [0.2, 0.25) is 0 Å². The van der Waals surface area contributed by atoms with Gasteiger partial charge in [-0.1, -0.05) is 26.2 Å². The van der Waals surface area contributed by atoms with Crippen molar-refractivity contribution >= 4 is 0 Å². The van der Waals surface area contributed by atoms with Crippen molar-refractivity contribution in [1.82, 2.24) is 10.2 Å². The van der Waals surface area contributed by atoms with Gasteiger partial charge in [0.15, 0.2) is 0 Å². The van der Waals surface area contributed by atoms with Gasteiger partial charge in [-0.25, -0.2) is 0 Å². The summed E-state index contributed by atoms with van der Waals surface area (Å²) >= 11 is 0. The Balaban J connectivity index is 1.84. The maximum atomic E-state index is 9.23. The van der Waals surface area contributed by atoms with E-state index in [0.29, 0.717) is 12.5 Å². The van der Waals surface area contributed by atoms with Crippen LogP contribution in [0.1, 0.15) is 45.4 Å². The minimum atomic E-state index is 0.373. The molecule has 1 aliphatic heterocycles. The molecule has 0 amide bonds. The summed E-state index contributed by atoms with van der Waals surface area (Å²) in [5.41, 5.74) is 0. The van der Waals surface area contributed by atoms with Gasteiger partial charge >= 0.3 is 0 Å². The number of aliphatic hydroxyl groups excluding tert-OH is 1. The predicted molar refractivity (Wildman–Crippen MR) is 75.7 cm³/mol. The van der Waals surface area contributed by atoms with Crippen molar-refractivity contribution in [3.05, 3.63) is 0 Å². The molecule has 0 aromatic rings. The van der Waals surface area contributed by atoms with Gasteiger partial charge in [-0.3, -0.25) is 0 Å². The summed E-state index contributed by atoms with van der Waals surface area (Å²) in [5, 5.41) is 12.9. The van der Waals surface area contributed by atoms with Crippen LogP contribution in [-0.4, -0.2) is 48.8 Å². The summed E-state index contributed by atoms with van der Waals surface area (Å²) in [6, 6.07) is 0.727. The van der Waals surface area contributed by atoms with Crippen LogP contribution >= 0.6 is 0 Å². The molecule has 0 aromatic heterocycles. The van der Waals surface area contributed by atoms with E-state index in [4.69, 9.17) is 0 Å². The second-order valence-electron chi connectivity index (χ2n) is 6.16. The molecule has 2 rings (SSSR count). The number of hydrogen-bond acceptors (Lipinski definition) is 3. The molecule has 3 unspecified atom stereocenters. The normalized spacial score (nSPS) is 34.7. The Kier molecular flexibility index (Phi) is 5.93. The molecule has 0 bridgehead atoms. The highest BCUT2D eigenvalue weighted by Crippen LogP contribution is 2.26. The first-order chi connectivity index (χ1) is 8.83. The SMILES string of the molecule is CCNC1CCCCCC1CN1CCC(CO)C1. The maximum Gasteiger partial charge on any atom is 0.0471 e. The van der Waals surface area contributed by atoms with E-state index in [-0.39, 0.29) is 0 Å². The number of nitrogens with one attached hydrogen (secondary N) is 1. The highest BCUT2D eigenvalue weighted by molar-refractivity contribution is 4.84. The number of nitrogens with zero attached hydrogens (tertiary/aromatic N) is 1. The monoisotopic (exact) mass is 254 g/mol. The fourth-order valence-corrected chi connectivity index (χ4v) is 3.69. The van der Waals surface area contributed by atoms with Gasteiger partial charge in [0.1, 0.15) is 0 Å². The first-order valence-corrected chi connectivity index (χ1v) is 7.90. The summed E-state index contributed by atoms with van der Waals surface area (Å²) in [5.74, 6) is 1.36. The van der Waals surface area contributed by atoms with Gasteiger partial charge in [-0.15, -0.1) is 0 Å². The minimum absolute atomic E-state index is 0.373. The van der Waals surface area contributed by atoms with Gasteiger partial charge in [0.25, 0.3) is 0 Å². The average molecular weight is 254 g/mol. The number of likely N-dealkylation sites (tertiary alicyclic amines) is 1. The summed E-state index contributed by atoms with van der Waals surface area (Å²) in [6.45, 7) is 7.25. The zero-order valence-electron chi connectivity index (χ0n) is 11.9. The third-order valence-electron chi connectivity index (χ3n) is 4.75. The number of aliphatic hydroxyl groups is 1. The van der Waals surface area contributed by atoms with Crippen LogP contribution in [-0.2, 0) is 0 Å². The van der Waals surface area contributed by atoms with Crippen molar-refractivity contribution in [2.45, 2.75) is 51.5 Å². The summed E-state index contributed by atoms with van der Waals surface area (Å²) < 4.78 is 0. The van der Waals surface area contributed by atoms with E-state index in [1.807, 2.05) is 0 Å². The van der Waals surface area contributed by atoms with Crippen LogP contribution in [0.15, 0.2) is 0 Å². The molecule has 0 radical (unpaired) electrons. The molecule has 1 aliphatic carbocycles. The number of hydrogen-bond donors (Lipinski definition) is 2. The van der Waals surface area contributed by atoms with Gasteiger partial charge in [-0.2, -0.15) is 0 Å². The molecule has 2 N–H and O–H groups in total. The van der Waals surface area contributed by atoms with E-state index in [0.717, 1.165) is 25.0 Å². The van der Waals surface area contributed by atoms with Gasteiger partial charge in [0.05, 0.1) is 0 Å². The van der Waals surface area contributed by atoms with Gasteiger partial charge in [-0.05, 0) is 44.2 Å². The molecule has 2 fully saturated rings. The van der Waals surface area contributed by atoms with Crippen molar-refractivity contribution in [2.75, 3.05) is 32.8 Å². The molecule has 1 heterocycles. The molecular formula is C15H30N2O. The highest BCUT2D eigenvalue weighted by atomic mass is 16.3. The van der Waals surface area contributed by atoms with E-state index in [2.05, 4.69) is 17.1 Å². The first-order valence-electron chi connectivity index (χ1n) is 7.90. The summed E-state index contributed by atoms with van der Waals surface area (Å²) in [7, 11) is 0. The van der Waals surface area contributed by atoms with Crippen molar-refractivity contribution in [3.63, 3.8) is 0 Å². The van der Waals surface area contributed by atoms with Crippen molar-refractivity contribution in [1.29, 1.82) is 0 Å². The Morgan fingerprint density at radius 2 is 2.00 bits per heavy atom. The molecular weight excluding hydrogens is 224 g/mol. The van der Waals surface area contributed by atoms with Crippen molar-refractivity contribution in [2.24, 2.45) is 11.8 Å². The van der Waals surface area contributed by atoms with Crippen LogP contribution in [0, 0.1) is 11.8 Å². The third-order valence-corrected chi connectivity index (χ3v) is 4.75. The fourth-order valence-electron chi connectivity index (χ4n) is 3.69. The van der Waals surface area contributed by atoms with Gasteiger partial charge < -0.3 is 15.3 Å². The lowest BCUT2D eigenvalue weighted by molar-refractivity contribution is 0.196. The smallest absolute Gasteiger partial charge is 0.0471 e. The van der Waals surface area contributed by atoms with Crippen LogP contribution in [0.2, 0.25) is 0 Å². The standard InChI is InChI=1S/C15H30N2O/c1-2-16-15-7-5-3-4-6-14(15)11-17-9-8-13(10-17)12-18/h13-16,18H,2-12H2,1H3. The Hall–Kier alpha value is -0.120. The molecule has 1 saturated heterocycles. The van der Waals surface area contributed by atoms with Crippen LogP contribution < -0.4 is 5.32 Å². The molecule has 1 saturated carbocycles. The van der Waals surface area contributed by atoms with E-state index in [9.17, 15) is 5.11 Å². The molecule has 18 heavy (non-hydrogen) atoms. The molecule has 3 atom stereocenters. The van der Waals surface area contributed by atoms with E-state index < -0.39 is 0 Å². The zero-order chi connectivity index (χ0) is 12.8. The van der Waals surface area contributed by atoms with E-state index >= 15 is 0 Å². The largest absolute Gasteiger partial charge is 0.396 e. The fraction of sp³-hybridized carbons (Fsp3) is 1.00. The highest BCUT2D eigenvalue weighted by Gasteiger charge is 2.28. The van der Waals surface area contributed by atoms with E-state index in [1.165, 1.54) is 51.6 Å². The Labute approximate surface area is 112 Å². The quantitative estimate of drug-likeness (QED) is 0.735. The van der Waals surface area contributed by atoms with Crippen LogP contribution in [0.25, 0.3) is 0 Å². The predicted octanol–water partition coefficient (Wildman–Crippen LogP) is 1.86. The van der Waals surface area contributed by atoms with Crippen molar-refractivity contribution in [3.8, 4) is 0 Å². The van der Waals surface area contributed by atoms with Crippen LogP contribution in [0.3, 0.4) is 0 Å². The third kappa shape index (κ3) is 3.94. The summed E-state index contributed by atoms with van der Waals surface area (Å²) in [4.78, 5) is 2.58. The molecule has 3 heteroatoms. The zero-order valence-corrected chi connectivity index (χ0v) is 11.9. The molecule has 0 spiro atoms. The lowest BCUT2D eigenvalue weighted by Gasteiger charge is -2.30. The Morgan fingerprint density at radius 3 is 2.72 bits per heavy atom. The van der Waals surface area contributed by atoms with Crippen LogP contribution in [0.5, 0.6) is 0 Å². The van der Waals surface area contributed by atoms with Crippen LogP contribution in [0.4, 0.5) is 0 Å². The molecule has 3 nitrogen and oxygen atoms in total. The minimum Gasteiger partial charge on any atom is -0.396 e. The Bertz CT molecular complexity index is 235. The summed E-state index contributed by atoms with van der Waals surface area (Å²) in [6.07, 6.45) is 8.15. The second kappa shape index (κ2) is 7.46.